The average molecular weight is 448 g/mol. The molecule has 7 heteroatoms. The molecule has 0 aliphatic carbocycles. The monoisotopic (exact) mass is 447 g/mol. The number of hydrogen-bond donors (Lipinski definition) is 0. The van der Waals surface area contributed by atoms with Gasteiger partial charge in [-0.3, -0.25) is 4.90 Å². The van der Waals surface area contributed by atoms with E-state index < -0.39 is 0 Å². The number of hydrogen-bond acceptors (Lipinski definition) is 7. The number of para-hydroxylation sites is 1. The molecule has 1 saturated heterocycles. The molecule has 1 fully saturated rings. The number of aromatic nitrogens is 2. The van der Waals surface area contributed by atoms with Crippen LogP contribution in [0.2, 0.25) is 0 Å². The minimum Gasteiger partial charge on any atom is -0.492 e. The van der Waals surface area contributed by atoms with Crippen molar-refractivity contribution in [2.75, 3.05) is 26.2 Å². The van der Waals surface area contributed by atoms with Gasteiger partial charge < -0.3 is 14.2 Å². The van der Waals surface area contributed by atoms with Gasteiger partial charge in [0.1, 0.15) is 30.0 Å². The Morgan fingerprint density at radius 3 is 2.44 bits per heavy atom. The summed E-state index contributed by atoms with van der Waals surface area (Å²) in [4.78, 5) is 11.1. The smallest absolute Gasteiger partial charge is 0.281 e. The van der Waals surface area contributed by atoms with Crippen LogP contribution in [0.1, 0.15) is 12.8 Å². The molecule has 0 amide bonds. The van der Waals surface area contributed by atoms with Gasteiger partial charge >= 0.3 is 0 Å². The zero-order chi connectivity index (χ0) is 21.6. The predicted octanol–water partition coefficient (Wildman–Crippen LogP) is 5.41. The SMILES string of the molecule is c1ccc(OC2CCN(CCOc3ccc(Oc4nc5ncccc5s4)cc3)CC2)cc1. The lowest BCUT2D eigenvalue weighted by Crippen LogP contribution is -2.40. The Hall–Kier alpha value is -3.16. The van der Waals surface area contributed by atoms with Crippen molar-refractivity contribution < 1.29 is 14.2 Å². The molecular formula is C25H25N3O3S. The number of rotatable bonds is 8. The van der Waals surface area contributed by atoms with Crippen LogP contribution in [0.15, 0.2) is 72.9 Å². The number of thiazole rings is 1. The zero-order valence-corrected chi connectivity index (χ0v) is 18.5. The number of ether oxygens (including phenoxy) is 3. The van der Waals surface area contributed by atoms with Crippen LogP contribution in [-0.2, 0) is 0 Å². The number of piperidine rings is 1. The Labute approximate surface area is 191 Å². The number of fused-ring (bicyclic) bond motifs is 1. The van der Waals surface area contributed by atoms with Gasteiger partial charge in [-0.2, -0.15) is 4.98 Å². The van der Waals surface area contributed by atoms with Crippen LogP contribution >= 0.6 is 11.3 Å². The minimum absolute atomic E-state index is 0.299. The molecular weight excluding hydrogens is 422 g/mol. The molecule has 4 aromatic rings. The summed E-state index contributed by atoms with van der Waals surface area (Å²) in [6, 6.07) is 21.6. The van der Waals surface area contributed by atoms with Crippen LogP contribution in [0, 0.1) is 0 Å². The highest BCUT2D eigenvalue weighted by atomic mass is 32.1. The van der Waals surface area contributed by atoms with Crippen molar-refractivity contribution in [1.29, 1.82) is 0 Å². The molecule has 0 unspecified atom stereocenters. The minimum atomic E-state index is 0.299. The van der Waals surface area contributed by atoms with Crippen molar-refractivity contribution in [3.8, 4) is 22.4 Å². The maximum absolute atomic E-state index is 6.07. The Morgan fingerprint density at radius 2 is 1.66 bits per heavy atom. The van der Waals surface area contributed by atoms with Gasteiger partial charge in [0.15, 0.2) is 5.65 Å². The predicted molar refractivity (Wildman–Crippen MR) is 126 cm³/mol. The average Bonchev–Trinajstić information content (AvgIpc) is 3.24. The zero-order valence-electron chi connectivity index (χ0n) is 17.7. The lowest BCUT2D eigenvalue weighted by molar-refractivity contribution is 0.0915. The quantitative estimate of drug-likeness (QED) is 0.360. The van der Waals surface area contributed by atoms with Crippen molar-refractivity contribution >= 4 is 21.7 Å². The maximum atomic E-state index is 6.07. The number of benzene rings is 2. The molecule has 0 saturated carbocycles. The molecule has 1 aliphatic rings. The van der Waals surface area contributed by atoms with E-state index in [-0.39, 0.29) is 0 Å². The molecule has 3 heterocycles. The lowest BCUT2D eigenvalue weighted by Gasteiger charge is -2.32. The van der Waals surface area contributed by atoms with Crippen molar-refractivity contribution in [2.45, 2.75) is 18.9 Å². The lowest BCUT2D eigenvalue weighted by atomic mass is 10.1. The highest BCUT2D eigenvalue weighted by Crippen LogP contribution is 2.30. The van der Waals surface area contributed by atoms with E-state index in [0.29, 0.717) is 23.6 Å². The fourth-order valence-electron chi connectivity index (χ4n) is 3.73. The van der Waals surface area contributed by atoms with E-state index >= 15 is 0 Å². The normalized spacial score (nSPS) is 15.0. The van der Waals surface area contributed by atoms with E-state index in [1.54, 1.807) is 6.20 Å². The highest BCUT2D eigenvalue weighted by molar-refractivity contribution is 7.20. The molecule has 0 bridgehead atoms. The van der Waals surface area contributed by atoms with Crippen LogP contribution in [0.4, 0.5) is 0 Å². The van der Waals surface area contributed by atoms with E-state index in [1.165, 1.54) is 11.3 Å². The molecule has 2 aromatic heterocycles. The fourth-order valence-corrected chi connectivity index (χ4v) is 4.53. The molecule has 2 aromatic carbocycles. The second kappa shape index (κ2) is 9.97. The summed E-state index contributed by atoms with van der Waals surface area (Å²) < 4.78 is 18.9. The van der Waals surface area contributed by atoms with Crippen molar-refractivity contribution in [1.82, 2.24) is 14.9 Å². The van der Waals surface area contributed by atoms with Crippen molar-refractivity contribution in [2.24, 2.45) is 0 Å². The van der Waals surface area contributed by atoms with Crippen LogP contribution in [0.25, 0.3) is 10.3 Å². The summed E-state index contributed by atoms with van der Waals surface area (Å²) in [7, 11) is 0. The molecule has 0 spiro atoms. The maximum Gasteiger partial charge on any atom is 0.281 e. The molecule has 0 radical (unpaired) electrons. The Morgan fingerprint density at radius 1 is 0.875 bits per heavy atom. The van der Waals surface area contributed by atoms with Gasteiger partial charge in [-0.05, 0) is 61.4 Å². The van der Waals surface area contributed by atoms with Crippen LogP contribution in [0.5, 0.6) is 22.4 Å². The summed E-state index contributed by atoms with van der Waals surface area (Å²) in [5.74, 6) is 2.53. The second-order valence-electron chi connectivity index (χ2n) is 7.70. The molecule has 164 valence electrons. The van der Waals surface area contributed by atoms with E-state index in [4.69, 9.17) is 14.2 Å². The summed E-state index contributed by atoms with van der Waals surface area (Å²) in [6.45, 7) is 3.64. The van der Waals surface area contributed by atoms with Gasteiger partial charge in [0.2, 0.25) is 0 Å². The third kappa shape index (κ3) is 5.36. The number of nitrogens with zero attached hydrogens (tertiary/aromatic N) is 3. The van der Waals surface area contributed by atoms with E-state index in [9.17, 15) is 0 Å². The van der Waals surface area contributed by atoms with Crippen LogP contribution < -0.4 is 14.2 Å². The van der Waals surface area contributed by atoms with Gasteiger partial charge in [0.05, 0.1) is 4.70 Å². The second-order valence-corrected chi connectivity index (χ2v) is 8.69. The molecule has 5 rings (SSSR count). The highest BCUT2D eigenvalue weighted by Gasteiger charge is 2.20. The topological polar surface area (TPSA) is 56.7 Å². The number of likely N-dealkylation sites (tertiary alicyclic amines) is 1. The molecule has 32 heavy (non-hydrogen) atoms. The Kier molecular flexibility index (Phi) is 6.46. The van der Waals surface area contributed by atoms with E-state index in [0.717, 1.165) is 54.4 Å². The molecule has 0 N–H and O–H groups in total. The Balaban J connectivity index is 1.04. The van der Waals surface area contributed by atoms with Gasteiger partial charge in [-0.25, -0.2) is 4.98 Å². The number of pyridine rings is 1. The summed E-state index contributed by atoms with van der Waals surface area (Å²) >= 11 is 1.48. The first-order valence-electron chi connectivity index (χ1n) is 10.9. The summed E-state index contributed by atoms with van der Waals surface area (Å²) in [5, 5.41) is 0.590. The van der Waals surface area contributed by atoms with Gasteiger partial charge in [0, 0.05) is 25.8 Å². The first-order valence-corrected chi connectivity index (χ1v) is 11.7. The van der Waals surface area contributed by atoms with Gasteiger partial charge in [0.25, 0.3) is 5.19 Å². The van der Waals surface area contributed by atoms with E-state index in [2.05, 4.69) is 14.9 Å². The molecule has 0 atom stereocenters. The van der Waals surface area contributed by atoms with Crippen LogP contribution in [-0.4, -0.2) is 47.2 Å². The van der Waals surface area contributed by atoms with Gasteiger partial charge in [-0.15, -0.1) is 0 Å². The first kappa shape index (κ1) is 20.7. The van der Waals surface area contributed by atoms with Crippen LogP contribution in [0.3, 0.4) is 0 Å². The Bertz CT molecular complexity index is 1090. The largest absolute Gasteiger partial charge is 0.492 e. The first-order chi connectivity index (χ1) is 15.8. The molecule has 6 nitrogen and oxygen atoms in total. The fraction of sp³-hybridized carbons (Fsp3) is 0.280. The third-order valence-electron chi connectivity index (χ3n) is 5.43. The standard InChI is InChI=1S/C25H25N3O3S/c1-2-5-20(6-3-1)30-22-12-15-28(16-13-22)17-18-29-19-8-10-21(11-9-19)31-25-27-24-23(32-25)7-4-14-26-24/h1-11,14,22H,12-13,15-18H2. The molecule has 1 aliphatic heterocycles. The summed E-state index contributed by atoms with van der Waals surface area (Å²) in [6.07, 6.45) is 4.12. The van der Waals surface area contributed by atoms with Crippen molar-refractivity contribution in [3.05, 3.63) is 72.9 Å². The third-order valence-corrected chi connectivity index (χ3v) is 6.32. The van der Waals surface area contributed by atoms with E-state index in [1.807, 2.05) is 66.7 Å². The van der Waals surface area contributed by atoms with Gasteiger partial charge in [-0.1, -0.05) is 29.5 Å². The van der Waals surface area contributed by atoms with Crippen molar-refractivity contribution in [3.63, 3.8) is 0 Å². The summed E-state index contributed by atoms with van der Waals surface area (Å²) in [5.41, 5.74) is 0.711.